The van der Waals surface area contributed by atoms with Gasteiger partial charge in [0.05, 0.1) is 23.7 Å². The number of methoxy groups -OCH3 is 1. The zero-order chi connectivity index (χ0) is 15.1. The van der Waals surface area contributed by atoms with E-state index in [0.29, 0.717) is 11.7 Å². The van der Waals surface area contributed by atoms with Crippen molar-refractivity contribution in [3.05, 3.63) is 65.0 Å². The zero-order valence-electron chi connectivity index (χ0n) is 11.9. The van der Waals surface area contributed by atoms with Crippen LogP contribution in [-0.4, -0.2) is 21.6 Å². The summed E-state index contributed by atoms with van der Waals surface area (Å²) in [5, 5.41) is 0.945. The molecule has 22 heavy (non-hydrogen) atoms. The van der Waals surface area contributed by atoms with E-state index < -0.39 is 0 Å². The quantitative estimate of drug-likeness (QED) is 0.618. The maximum atomic E-state index is 12.4. The van der Waals surface area contributed by atoms with Crippen LogP contribution >= 0.6 is 0 Å². The van der Waals surface area contributed by atoms with E-state index in [1.807, 2.05) is 42.5 Å². The minimum Gasteiger partial charge on any atom is -0.497 e. The van der Waals surface area contributed by atoms with Crippen molar-refractivity contribution in [1.82, 2.24) is 14.5 Å². The van der Waals surface area contributed by atoms with Crippen LogP contribution in [0.25, 0.3) is 27.9 Å². The van der Waals surface area contributed by atoms with E-state index in [1.165, 1.54) is 0 Å². The molecule has 108 valence electrons. The van der Waals surface area contributed by atoms with Gasteiger partial charge in [-0.05, 0) is 35.7 Å². The van der Waals surface area contributed by atoms with Gasteiger partial charge in [0.2, 0.25) is 5.95 Å². The molecule has 2 aromatic heterocycles. The summed E-state index contributed by atoms with van der Waals surface area (Å²) in [6.45, 7) is 0. The first-order chi connectivity index (χ1) is 10.8. The van der Waals surface area contributed by atoms with Crippen molar-refractivity contribution < 1.29 is 4.74 Å². The lowest BCUT2D eigenvalue weighted by Crippen LogP contribution is -2.18. The molecule has 0 aliphatic heterocycles. The molecule has 4 aromatic rings. The van der Waals surface area contributed by atoms with E-state index in [0.717, 1.165) is 21.9 Å². The van der Waals surface area contributed by atoms with E-state index >= 15 is 0 Å². The summed E-state index contributed by atoms with van der Waals surface area (Å²) in [6.07, 6.45) is 0. The summed E-state index contributed by atoms with van der Waals surface area (Å²) in [6, 6.07) is 16.7. The fourth-order valence-corrected chi connectivity index (χ4v) is 2.60. The number of para-hydroxylation sites is 2. The molecule has 1 N–H and O–H groups in total. The number of hydrogen-bond acceptors (Lipinski definition) is 3. The predicted octanol–water partition coefficient (Wildman–Crippen LogP) is 2.88. The lowest BCUT2D eigenvalue weighted by molar-refractivity contribution is 0.415. The first kappa shape index (κ1) is 12.6. The summed E-state index contributed by atoms with van der Waals surface area (Å²) >= 11 is 0. The molecular weight excluding hydrogens is 278 g/mol. The fourth-order valence-electron chi connectivity index (χ4n) is 2.60. The second kappa shape index (κ2) is 4.73. The minimum atomic E-state index is -0.139. The third-order valence-electron chi connectivity index (χ3n) is 3.69. The van der Waals surface area contributed by atoms with Gasteiger partial charge in [-0.25, -0.2) is 9.55 Å². The molecule has 2 aromatic carbocycles. The molecule has 0 fully saturated rings. The average Bonchev–Trinajstić information content (AvgIpc) is 2.97. The van der Waals surface area contributed by atoms with Gasteiger partial charge >= 0.3 is 0 Å². The SMILES string of the molecule is COc1ccc2ccc(=O)n(-c3nc4ccccc4[nH]3)c2c1. The van der Waals surface area contributed by atoms with Gasteiger partial charge in [-0.3, -0.25) is 4.79 Å². The first-order valence-corrected chi connectivity index (χ1v) is 6.91. The van der Waals surface area contributed by atoms with Crippen molar-refractivity contribution in [2.45, 2.75) is 0 Å². The smallest absolute Gasteiger partial charge is 0.257 e. The van der Waals surface area contributed by atoms with Crippen LogP contribution in [0.5, 0.6) is 5.75 Å². The first-order valence-electron chi connectivity index (χ1n) is 6.91. The molecule has 0 atom stereocenters. The molecular formula is C17H13N3O2. The van der Waals surface area contributed by atoms with Crippen molar-refractivity contribution in [3.63, 3.8) is 0 Å². The number of pyridine rings is 1. The number of fused-ring (bicyclic) bond motifs is 2. The van der Waals surface area contributed by atoms with Crippen LogP contribution in [0.1, 0.15) is 0 Å². The Labute approximate surface area is 125 Å². The number of nitrogens with one attached hydrogen (secondary N) is 1. The van der Waals surface area contributed by atoms with Crippen LogP contribution in [0.2, 0.25) is 0 Å². The molecule has 2 heterocycles. The number of rotatable bonds is 2. The molecule has 4 rings (SSSR count). The largest absolute Gasteiger partial charge is 0.497 e. The van der Waals surface area contributed by atoms with E-state index in [9.17, 15) is 4.79 Å². The molecule has 0 amide bonds. The van der Waals surface area contributed by atoms with Crippen LogP contribution in [0.4, 0.5) is 0 Å². The second-order valence-electron chi connectivity index (χ2n) is 5.01. The molecule has 0 aliphatic carbocycles. The van der Waals surface area contributed by atoms with Crippen LogP contribution in [0.3, 0.4) is 0 Å². The van der Waals surface area contributed by atoms with Crippen molar-refractivity contribution in [1.29, 1.82) is 0 Å². The Hall–Kier alpha value is -3.08. The van der Waals surface area contributed by atoms with E-state index in [2.05, 4.69) is 9.97 Å². The maximum absolute atomic E-state index is 12.4. The lowest BCUT2D eigenvalue weighted by Gasteiger charge is -2.08. The predicted molar refractivity (Wildman–Crippen MR) is 85.7 cm³/mol. The molecule has 0 saturated carbocycles. The van der Waals surface area contributed by atoms with Crippen molar-refractivity contribution in [2.24, 2.45) is 0 Å². The van der Waals surface area contributed by atoms with E-state index in [1.54, 1.807) is 23.8 Å². The average molecular weight is 291 g/mol. The molecule has 5 heteroatoms. The van der Waals surface area contributed by atoms with Crippen molar-refractivity contribution >= 4 is 21.9 Å². The van der Waals surface area contributed by atoms with E-state index in [4.69, 9.17) is 4.74 Å². The van der Waals surface area contributed by atoms with Crippen LogP contribution in [-0.2, 0) is 0 Å². The Morgan fingerprint density at radius 2 is 1.91 bits per heavy atom. The molecule has 0 saturated heterocycles. The third kappa shape index (κ3) is 1.87. The highest BCUT2D eigenvalue weighted by molar-refractivity contribution is 5.83. The van der Waals surface area contributed by atoms with E-state index in [-0.39, 0.29) is 5.56 Å². The van der Waals surface area contributed by atoms with Gasteiger partial charge in [0, 0.05) is 12.1 Å². The monoisotopic (exact) mass is 291 g/mol. The number of aromatic nitrogens is 3. The normalized spacial score (nSPS) is 11.1. The molecule has 0 radical (unpaired) electrons. The highest BCUT2D eigenvalue weighted by Crippen LogP contribution is 2.22. The molecule has 0 aliphatic rings. The van der Waals surface area contributed by atoms with Crippen molar-refractivity contribution in [3.8, 4) is 11.7 Å². The molecule has 5 nitrogen and oxygen atoms in total. The third-order valence-corrected chi connectivity index (χ3v) is 3.69. The Balaban J connectivity index is 2.07. The Morgan fingerprint density at radius 1 is 1.09 bits per heavy atom. The van der Waals surface area contributed by atoms with Gasteiger partial charge < -0.3 is 9.72 Å². The summed E-state index contributed by atoms with van der Waals surface area (Å²) in [5.74, 6) is 1.20. The molecule has 0 bridgehead atoms. The van der Waals surface area contributed by atoms with Gasteiger partial charge in [0.1, 0.15) is 5.75 Å². The van der Waals surface area contributed by atoms with Crippen molar-refractivity contribution in [2.75, 3.05) is 7.11 Å². The maximum Gasteiger partial charge on any atom is 0.257 e. The summed E-state index contributed by atoms with van der Waals surface area (Å²) < 4.78 is 6.83. The van der Waals surface area contributed by atoms with Crippen LogP contribution in [0.15, 0.2) is 59.4 Å². The highest BCUT2D eigenvalue weighted by atomic mass is 16.5. The van der Waals surface area contributed by atoms with Gasteiger partial charge in [-0.2, -0.15) is 0 Å². The summed E-state index contributed by atoms with van der Waals surface area (Å²) in [5.41, 5.74) is 2.33. The Bertz CT molecular complexity index is 1010. The lowest BCUT2D eigenvalue weighted by atomic mass is 10.2. The number of hydrogen-bond donors (Lipinski definition) is 1. The van der Waals surface area contributed by atoms with Gasteiger partial charge in [-0.15, -0.1) is 0 Å². The van der Waals surface area contributed by atoms with Gasteiger partial charge in [-0.1, -0.05) is 12.1 Å². The van der Waals surface area contributed by atoms with Crippen LogP contribution < -0.4 is 10.3 Å². The Morgan fingerprint density at radius 3 is 2.73 bits per heavy atom. The minimum absolute atomic E-state index is 0.139. The van der Waals surface area contributed by atoms with Gasteiger partial charge in [0.25, 0.3) is 5.56 Å². The second-order valence-corrected chi connectivity index (χ2v) is 5.01. The number of aromatic amines is 1. The van der Waals surface area contributed by atoms with Gasteiger partial charge in [0.15, 0.2) is 0 Å². The standard InChI is InChI=1S/C17H13N3O2/c1-22-12-8-6-11-7-9-16(21)20(15(11)10-12)17-18-13-4-2-3-5-14(13)19-17/h2-10H,1H3,(H,18,19). The number of ether oxygens (including phenoxy) is 1. The number of imidazole rings is 1. The zero-order valence-corrected chi connectivity index (χ0v) is 11.9. The topological polar surface area (TPSA) is 59.9 Å². The summed E-state index contributed by atoms with van der Waals surface area (Å²) in [4.78, 5) is 20.1. The number of nitrogens with zero attached hydrogens (tertiary/aromatic N) is 2. The Kier molecular flexibility index (Phi) is 2.72. The number of H-pyrrole nitrogens is 1. The molecule has 0 spiro atoms. The van der Waals surface area contributed by atoms with Crippen LogP contribution in [0, 0.1) is 0 Å². The number of benzene rings is 2. The molecule has 0 unspecified atom stereocenters. The highest BCUT2D eigenvalue weighted by Gasteiger charge is 2.10. The summed E-state index contributed by atoms with van der Waals surface area (Å²) in [7, 11) is 1.60. The fraction of sp³-hybridized carbons (Fsp3) is 0.0588.